The quantitative estimate of drug-likeness (QED) is 0.885. The minimum Gasteiger partial charge on any atom is -0.455 e. The van der Waals surface area contributed by atoms with Crippen LogP contribution in [0.4, 0.5) is 0 Å². The Bertz CT molecular complexity index is 570. The molecule has 0 atom stereocenters. The summed E-state index contributed by atoms with van der Waals surface area (Å²) in [4.78, 5) is 0. The van der Waals surface area contributed by atoms with Gasteiger partial charge in [-0.05, 0) is 36.8 Å². The van der Waals surface area contributed by atoms with Crippen LogP contribution in [0.1, 0.15) is 11.1 Å². The van der Waals surface area contributed by atoms with Crippen molar-refractivity contribution in [2.75, 3.05) is 0 Å². The van der Waals surface area contributed by atoms with Crippen molar-refractivity contribution in [3.8, 4) is 11.5 Å². The number of benzene rings is 2. The Kier molecular flexibility index (Phi) is 4.27. The first-order chi connectivity index (χ1) is 8.61. The maximum Gasteiger partial charge on any atom is 0.151 e. The fourth-order valence-electron chi connectivity index (χ4n) is 1.63. The highest BCUT2D eigenvalue weighted by molar-refractivity contribution is 9.10. The lowest BCUT2D eigenvalue weighted by molar-refractivity contribution is 0.276. The van der Waals surface area contributed by atoms with Gasteiger partial charge in [-0.15, -0.1) is 0 Å². The summed E-state index contributed by atoms with van der Waals surface area (Å²) in [5.41, 5.74) is 1.66. The number of aliphatic hydroxyl groups is 1. The van der Waals surface area contributed by atoms with Gasteiger partial charge in [0.05, 0.1) is 11.6 Å². The van der Waals surface area contributed by atoms with Crippen molar-refractivity contribution in [3.05, 3.63) is 57.0 Å². The minimum absolute atomic E-state index is 0.106. The van der Waals surface area contributed by atoms with Crippen molar-refractivity contribution in [2.45, 2.75) is 13.5 Å². The van der Waals surface area contributed by atoms with Crippen LogP contribution in [-0.4, -0.2) is 5.11 Å². The fourth-order valence-corrected chi connectivity index (χ4v) is 2.34. The van der Waals surface area contributed by atoms with Crippen LogP contribution in [0.2, 0.25) is 5.02 Å². The molecule has 2 aromatic carbocycles. The van der Waals surface area contributed by atoms with E-state index in [2.05, 4.69) is 15.9 Å². The summed E-state index contributed by atoms with van der Waals surface area (Å²) in [6.07, 6.45) is 0. The third-order valence-electron chi connectivity index (χ3n) is 2.57. The summed E-state index contributed by atoms with van der Waals surface area (Å²) in [6.45, 7) is 1.85. The number of rotatable bonds is 3. The minimum atomic E-state index is -0.106. The second kappa shape index (κ2) is 5.74. The van der Waals surface area contributed by atoms with Crippen LogP contribution < -0.4 is 4.74 Å². The second-order valence-corrected chi connectivity index (χ2v) is 5.22. The highest BCUT2D eigenvalue weighted by Gasteiger charge is 2.10. The zero-order valence-electron chi connectivity index (χ0n) is 9.78. The monoisotopic (exact) mass is 326 g/mol. The third-order valence-corrected chi connectivity index (χ3v) is 3.36. The van der Waals surface area contributed by atoms with Gasteiger partial charge in [-0.1, -0.05) is 39.7 Å². The Hall–Kier alpha value is -1.03. The summed E-state index contributed by atoms with van der Waals surface area (Å²) in [7, 11) is 0. The lowest BCUT2D eigenvalue weighted by Crippen LogP contribution is -1.94. The van der Waals surface area contributed by atoms with Crippen LogP contribution in [0, 0.1) is 6.92 Å². The number of halogens is 2. The van der Waals surface area contributed by atoms with Gasteiger partial charge in [0.25, 0.3) is 0 Å². The molecular weight excluding hydrogens is 316 g/mol. The molecule has 0 radical (unpaired) electrons. The Morgan fingerprint density at radius 2 is 2.06 bits per heavy atom. The van der Waals surface area contributed by atoms with Gasteiger partial charge in [-0.2, -0.15) is 0 Å². The summed E-state index contributed by atoms with van der Waals surface area (Å²) < 4.78 is 6.80. The molecule has 0 heterocycles. The largest absolute Gasteiger partial charge is 0.455 e. The lowest BCUT2D eigenvalue weighted by Gasteiger charge is -2.13. The lowest BCUT2D eigenvalue weighted by atomic mass is 10.2. The van der Waals surface area contributed by atoms with E-state index in [0.29, 0.717) is 16.3 Å². The van der Waals surface area contributed by atoms with E-state index < -0.39 is 0 Å². The number of hydrogen-bond acceptors (Lipinski definition) is 2. The predicted molar refractivity (Wildman–Crippen MR) is 76.3 cm³/mol. The molecule has 2 nitrogen and oxygen atoms in total. The van der Waals surface area contributed by atoms with Gasteiger partial charge < -0.3 is 9.84 Å². The van der Waals surface area contributed by atoms with Crippen LogP contribution in [0.25, 0.3) is 0 Å². The standard InChI is InChI=1S/C14H12BrClO2/c1-9-7-11(15)5-6-13(9)18-14-10(8-17)3-2-4-12(14)16/h2-7,17H,8H2,1H3. The Labute approximate surface area is 119 Å². The molecule has 18 heavy (non-hydrogen) atoms. The molecule has 0 aromatic heterocycles. The number of ether oxygens (including phenoxy) is 1. The maximum atomic E-state index is 9.29. The van der Waals surface area contributed by atoms with Gasteiger partial charge in [0.1, 0.15) is 5.75 Å². The smallest absolute Gasteiger partial charge is 0.151 e. The van der Waals surface area contributed by atoms with E-state index in [4.69, 9.17) is 16.3 Å². The number of aryl methyl sites for hydroxylation is 1. The maximum absolute atomic E-state index is 9.29. The molecule has 0 saturated heterocycles. The normalized spacial score (nSPS) is 10.4. The molecule has 0 fully saturated rings. The van der Waals surface area contributed by atoms with E-state index in [-0.39, 0.29) is 6.61 Å². The Balaban J connectivity index is 2.39. The van der Waals surface area contributed by atoms with Crippen LogP contribution >= 0.6 is 27.5 Å². The van der Waals surface area contributed by atoms with E-state index >= 15 is 0 Å². The van der Waals surface area contributed by atoms with Crippen LogP contribution in [0.15, 0.2) is 40.9 Å². The molecule has 1 N–H and O–H groups in total. The van der Waals surface area contributed by atoms with Gasteiger partial charge in [0.2, 0.25) is 0 Å². The highest BCUT2D eigenvalue weighted by atomic mass is 79.9. The molecule has 4 heteroatoms. The Morgan fingerprint density at radius 3 is 2.72 bits per heavy atom. The number of aliphatic hydroxyl groups excluding tert-OH is 1. The molecule has 0 bridgehead atoms. The van der Waals surface area contributed by atoms with E-state index in [1.807, 2.05) is 25.1 Å². The molecule has 0 aliphatic rings. The molecule has 0 amide bonds. The zero-order chi connectivity index (χ0) is 13.1. The highest BCUT2D eigenvalue weighted by Crippen LogP contribution is 2.35. The Morgan fingerprint density at radius 1 is 1.28 bits per heavy atom. The van der Waals surface area contributed by atoms with E-state index in [9.17, 15) is 5.11 Å². The fraction of sp³-hybridized carbons (Fsp3) is 0.143. The van der Waals surface area contributed by atoms with Gasteiger partial charge in [0, 0.05) is 10.0 Å². The molecular formula is C14H12BrClO2. The van der Waals surface area contributed by atoms with Crippen molar-refractivity contribution in [1.82, 2.24) is 0 Å². The summed E-state index contributed by atoms with van der Waals surface area (Å²) in [5.74, 6) is 1.23. The summed E-state index contributed by atoms with van der Waals surface area (Å²) >= 11 is 9.50. The van der Waals surface area contributed by atoms with Crippen molar-refractivity contribution in [3.63, 3.8) is 0 Å². The first-order valence-electron chi connectivity index (χ1n) is 5.44. The molecule has 0 aliphatic heterocycles. The topological polar surface area (TPSA) is 29.5 Å². The average Bonchev–Trinajstić information content (AvgIpc) is 2.34. The number of para-hydroxylation sites is 1. The first-order valence-corrected chi connectivity index (χ1v) is 6.61. The molecule has 0 unspecified atom stereocenters. The molecule has 2 rings (SSSR count). The summed E-state index contributed by atoms with van der Waals surface area (Å²) in [5, 5.41) is 9.78. The molecule has 0 saturated carbocycles. The van der Waals surface area contributed by atoms with Gasteiger partial charge in [-0.3, -0.25) is 0 Å². The van der Waals surface area contributed by atoms with Gasteiger partial charge in [-0.25, -0.2) is 0 Å². The van der Waals surface area contributed by atoms with Gasteiger partial charge >= 0.3 is 0 Å². The molecule has 2 aromatic rings. The van der Waals surface area contributed by atoms with Crippen molar-refractivity contribution >= 4 is 27.5 Å². The molecule has 0 spiro atoms. The van der Waals surface area contributed by atoms with E-state index in [1.54, 1.807) is 18.2 Å². The van der Waals surface area contributed by atoms with Crippen LogP contribution in [0.3, 0.4) is 0 Å². The number of hydrogen-bond donors (Lipinski definition) is 1. The van der Waals surface area contributed by atoms with Gasteiger partial charge in [0.15, 0.2) is 5.75 Å². The molecule has 94 valence electrons. The van der Waals surface area contributed by atoms with E-state index in [1.165, 1.54) is 0 Å². The zero-order valence-corrected chi connectivity index (χ0v) is 12.1. The average molecular weight is 328 g/mol. The second-order valence-electron chi connectivity index (χ2n) is 3.90. The van der Waals surface area contributed by atoms with Crippen molar-refractivity contribution in [1.29, 1.82) is 0 Å². The third kappa shape index (κ3) is 2.86. The van der Waals surface area contributed by atoms with E-state index in [0.717, 1.165) is 15.8 Å². The summed E-state index contributed by atoms with van der Waals surface area (Å²) in [6, 6.07) is 11.0. The molecule has 0 aliphatic carbocycles. The van der Waals surface area contributed by atoms with Crippen molar-refractivity contribution < 1.29 is 9.84 Å². The van der Waals surface area contributed by atoms with Crippen LogP contribution in [-0.2, 0) is 6.61 Å². The predicted octanol–water partition coefficient (Wildman–Crippen LogP) is 4.70. The SMILES string of the molecule is Cc1cc(Br)ccc1Oc1c(Cl)cccc1CO. The van der Waals surface area contributed by atoms with Crippen molar-refractivity contribution in [2.24, 2.45) is 0 Å². The first kappa shape index (κ1) is 13.4. The van der Waals surface area contributed by atoms with Crippen LogP contribution in [0.5, 0.6) is 11.5 Å².